The van der Waals surface area contributed by atoms with E-state index in [-0.39, 0.29) is 10.8 Å². The Morgan fingerprint density at radius 3 is 0.601 bits per heavy atom. The van der Waals surface area contributed by atoms with E-state index in [0.717, 1.165) is 0 Å². The normalized spacial score (nSPS) is 11.7. The van der Waals surface area contributed by atoms with Gasteiger partial charge in [0.25, 0.3) is 0 Å². The minimum Gasteiger partial charge on any atom is -0.0622 e. The van der Waals surface area contributed by atoms with E-state index < -0.39 is 0 Å². The Morgan fingerprint density at radius 1 is 0.123 bits per heavy atom. The van der Waals surface area contributed by atoms with Crippen LogP contribution in [0.4, 0.5) is 0 Å². The molecule has 0 nitrogen and oxygen atoms in total. The molecule has 0 aliphatic heterocycles. The van der Waals surface area contributed by atoms with Crippen molar-refractivity contribution < 1.29 is 0 Å². The highest BCUT2D eigenvalue weighted by molar-refractivity contribution is 6.36. The van der Waals surface area contributed by atoms with Gasteiger partial charge >= 0.3 is 0 Å². The van der Waals surface area contributed by atoms with Gasteiger partial charge < -0.3 is 0 Å². The predicted octanol–water partition coefficient (Wildman–Crippen LogP) is 39.3. The van der Waals surface area contributed by atoms with Gasteiger partial charge in [-0.05, 0) is 298 Å². The number of hydrogen-bond donors (Lipinski definition) is 0. The van der Waals surface area contributed by atoms with Crippen LogP contribution in [-0.2, 0) is 10.8 Å². The topological polar surface area (TPSA) is 0 Å². The smallest absolute Gasteiger partial charge is 0.000139 e. The maximum Gasteiger partial charge on any atom is -0.000139 e. The number of hydrogen-bond acceptors (Lipinski definition) is 0. The SMILES string of the molecule is Cc1ccc(-c2c3ccc(C)cc3c(-c3ccc(-c4ccccc4)cc3)c3c(-c4ccc(C(C)(C)C)cc4)c4ccc(C(C)(C)C)cc4c(-c4ccc(-c5ccccc5)cc4)c23)cc1.Cc1ccc(-c2c3ccccc3c(-c3ccc(C)cc3)c3cc4ccccc4cc23)cc1.c1ccc(-c2c3ccccc3c(-c3ccccc3)c3c(-c4ccccc4)c4ccccc4c(-c4ccccc4)c23)cc1. The largest absolute Gasteiger partial charge is 0.0622 e. The highest BCUT2D eigenvalue weighted by atomic mass is 14.3. The van der Waals surface area contributed by atoms with Crippen LogP contribution in [0.1, 0.15) is 74.9 Å². The fourth-order valence-electron chi connectivity index (χ4n) is 21.5. The van der Waals surface area contributed by atoms with Crippen LogP contribution < -0.4 is 0 Å². The van der Waals surface area contributed by atoms with E-state index in [1.807, 2.05) is 0 Å². The van der Waals surface area contributed by atoms with Crippen molar-refractivity contribution in [1.82, 2.24) is 0 Å². The fourth-order valence-corrected chi connectivity index (χ4v) is 21.5. The van der Waals surface area contributed by atoms with Gasteiger partial charge in [0.2, 0.25) is 0 Å². The molecule has 0 aliphatic rings. The molecule has 0 unspecified atom stereocenters. The third-order valence-corrected chi connectivity index (χ3v) is 28.3. The zero-order chi connectivity index (χ0) is 93.9. The van der Waals surface area contributed by atoms with Gasteiger partial charge in [-0.25, -0.2) is 0 Å². The minimum absolute atomic E-state index is 0.0258. The maximum absolute atomic E-state index is 2.51. The van der Waals surface area contributed by atoms with Crippen LogP contribution in [-0.4, -0.2) is 0 Å². The fraction of sp³-hybridized carbons (Fsp3) is 0.0870. The molecule has 0 N–H and O–H groups in total. The average Bonchev–Trinajstić information content (AvgIpc) is 0.702. The Bertz CT molecular complexity index is 8270. The Morgan fingerprint density at radius 2 is 0.304 bits per heavy atom. The molecule has 138 heavy (non-hydrogen) atoms. The first kappa shape index (κ1) is 87.0. The Kier molecular flexibility index (Phi) is 23.0. The standard InChI is InChI=1S/C64H56.C42H28.C32H24/c1-41-19-22-47(23-20-41)57-53-37-21-42(2)39-55(53)59(48-28-24-45(25-29-48)43-15-11-9-12-16-43)61-58(50-32-34-51(35-33-50)63(3,4)5)54-38-36-52(64(6,7)8)40-56(54)60(62(57)61)49-30-26-46(27-31-49)44-17-13-10-14-18-44;1-5-17-29(18-6-1)37-33-25-13-14-26-34(33)39(31-21-9-3-10-22-31)42-40(32-23-11-4-12-24-32)36-28-16-15-27-35(36)38(41(37)42)30-19-7-2-8-20-30;1-21-11-15-23(16-12-21)31-27-9-5-6-10-28(27)32(24-17-13-22(2)14-18-24)30-20-26-8-4-3-7-25(26)19-29(30)31/h9-40H,1-8H3;1-28H;3-20H,1-2H3. The summed E-state index contributed by atoms with van der Waals surface area (Å²) in [6.07, 6.45) is 0. The molecular formula is C138H108. The first-order valence-electron chi connectivity index (χ1n) is 48.6. The first-order chi connectivity index (χ1) is 67.4. The second-order valence-corrected chi connectivity index (χ2v) is 39.5. The van der Waals surface area contributed by atoms with E-state index in [2.05, 4.69) is 542 Å². The van der Waals surface area contributed by atoms with Crippen molar-refractivity contribution in [2.45, 2.75) is 80.1 Å². The highest BCUT2D eigenvalue weighted by Crippen LogP contribution is 2.58. The molecular weight excluding hydrogens is 1660 g/mol. The van der Waals surface area contributed by atoms with E-state index in [1.165, 1.54) is 264 Å². The second-order valence-electron chi connectivity index (χ2n) is 39.5. The van der Waals surface area contributed by atoms with Crippen LogP contribution in [0.2, 0.25) is 0 Å². The van der Waals surface area contributed by atoms with Gasteiger partial charge in [-0.3, -0.25) is 0 Å². The van der Waals surface area contributed by atoms with Crippen LogP contribution in [0, 0.1) is 27.7 Å². The number of aryl methyl sites for hydroxylation is 4. The van der Waals surface area contributed by atoms with Crippen LogP contribution in [0.25, 0.3) is 230 Å². The Hall–Kier alpha value is -16.4. The van der Waals surface area contributed by atoms with Gasteiger partial charge in [0, 0.05) is 0 Å². The van der Waals surface area contributed by atoms with Crippen molar-refractivity contribution in [3.05, 3.63) is 507 Å². The van der Waals surface area contributed by atoms with Crippen molar-refractivity contribution in [3.63, 3.8) is 0 Å². The van der Waals surface area contributed by atoms with E-state index in [0.29, 0.717) is 0 Å². The lowest BCUT2D eigenvalue weighted by Gasteiger charge is -2.27. The maximum atomic E-state index is 2.51. The summed E-state index contributed by atoms with van der Waals surface area (Å²) in [5.41, 5.74) is 37.7. The van der Waals surface area contributed by atoms with Gasteiger partial charge in [0.05, 0.1) is 0 Å². The molecule has 0 atom stereocenters. The number of fused-ring (bicyclic) bond motifs is 9. The molecule has 24 aromatic carbocycles. The second kappa shape index (κ2) is 36.4. The summed E-state index contributed by atoms with van der Waals surface area (Å²) in [6.45, 7) is 22.6. The van der Waals surface area contributed by atoms with Crippen molar-refractivity contribution in [1.29, 1.82) is 0 Å². The lowest BCUT2D eigenvalue weighted by Crippen LogP contribution is -2.11. The van der Waals surface area contributed by atoms with Crippen LogP contribution in [0.15, 0.2) is 473 Å². The summed E-state index contributed by atoms with van der Waals surface area (Å²) in [5.74, 6) is 0. The molecule has 0 aliphatic carbocycles. The zero-order valence-corrected chi connectivity index (χ0v) is 80.0. The van der Waals surface area contributed by atoms with Crippen molar-refractivity contribution >= 4 is 97.0 Å². The van der Waals surface area contributed by atoms with E-state index in [1.54, 1.807) is 0 Å². The molecule has 0 bridgehead atoms. The molecule has 0 heteroatoms. The zero-order valence-electron chi connectivity index (χ0n) is 80.0. The lowest BCUT2D eigenvalue weighted by molar-refractivity contribution is 0.590. The quantitative estimate of drug-likeness (QED) is 0.107. The van der Waals surface area contributed by atoms with Crippen molar-refractivity contribution in [2.75, 3.05) is 0 Å². The van der Waals surface area contributed by atoms with Gasteiger partial charge in [0.15, 0.2) is 0 Å². The molecule has 0 fully saturated rings. The van der Waals surface area contributed by atoms with Crippen LogP contribution in [0.3, 0.4) is 0 Å². The molecule has 24 rings (SSSR count). The minimum atomic E-state index is -0.0571. The van der Waals surface area contributed by atoms with Crippen molar-refractivity contribution in [3.8, 4) is 134 Å². The summed E-state index contributed by atoms with van der Waals surface area (Å²) in [7, 11) is 0. The molecule has 0 spiro atoms. The molecule has 0 aromatic heterocycles. The van der Waals surface area contributed by atoms with E-state index in [4.69, 9.17) is 0 Å². The predicted molar refractivity (Wildman–Crippen MR) is 598 cm³/mol. The van der Waals surface area contributed by atoms with Gasteiger partial charge in [0.1, 0.15) is 0 Å². The summed E-state index contributed by atoms with van der Waals surface area (Å²) in [5, 5.41) is 23.0. The number of rotatable bonds is 12. The number of benzene rings is 24. The summed E-state index contributed by atoms with van der Waals surface area (Å²) < 4.78 is 0. The molecule has 0 saturated heterocycles. The Balaban J connectivity index is 0.000000128. The molecule has 0 amide bonds. The van der Waals surface area contributed by atoms with Crippen LogP contribution in [0.5, 0.6) is 0 Å². The van der Waals surface area contributed by atoms with E-state index >= 15 is 0 Å². The Labute approximate surface area is 811 Å². The lowest BCUT2D eigenvalue weighted by atomic mass is 9.76. The molecule has 0 radical (unpaired) electrons. The van der Waals surface area contributed by atoms with Gasteiger partial charge in [-0.15, -0.1) is 0 Å². The third-order valence-electron chi connectivity index (χ3n) is 28.3. The monoisotopic (exact) mass is 1760 g/mol. The van der Waals surface area contributed by atoms with Gasteiger partial charge in [-0.2, -0.15) is 0 Å². The van der Waals surface area contributed by atoms with Crippen molar-refractivity contribution in [2.24, 2.45) is 0 Å². The molecule has 0 saturated carbocycles. The van der Waals surface area contributed by atoms with E-state index in [9.17, 15) is 0 Å². The van der Waals surface area contributed by atoms with Gasteiger partial charge in [-0.1, -0.05) is 519 Å². The molecule has 24 aromatic rings. The average molecular weight is 1770 g/mol. The summed E-state index contributed by atoms with van der Waals surface area (Å²) in [4.78, 5) is 0. The summed E-state index contributed by atoms with van der Waals surface area (Å²) >= 11 is 0. The molecule has 0 heterocycles. The summed E-state index contributed by atoms with van der Waals surface area (Å²) in [6, 6.07) is 175. The third kappa shape index (κ3) is 16.3. The first-order valence-corrected chi connectivity index (χ1v) is 48.6. The molecule has 660 valence electrons. The highest BCUT2D eigenvalue weighted by Gasteiger charge is 2.31. The van der Waals surface area contributed by atoms with Crippen LogP contribution >= 0.6 is 0 Å².